The van der Waals surface area contributed by atoms with Crippen LogP contribution in [0.15, 0.2) is 24.3 Å². The molecule has 0 bridgehead atoms. The molecule has 1 aliphatic heterocycles. The van der Waals surface area contributed by atoms with Crippen LogP contribution >= 0.6 is 12.4 Å². The van der Waals surface area contributed by atoms with Crippen LogP contribution in [0.4, 0.5) is 11.4 Å². The highest BCUT2D eigenvalue weighted by Gasteiger charge is 2.22. The first-order chi connectivity index (χ1) is 11.4. The molecule has 142 valence electrons. The highest BCUT2D eigenvalue weighted by Crippen LogP contribution is 2.25. The van der Waals surface area contributed by atoms with E-state index in [1.54, 1.807) is 31.2 Å². The molecule has 0 radical (unpaired) electrons. The van der Waals surface area contributed by atoms with Gasteiger partial charge in [-0.1, -0.05) is 6.92 Å². The number of hydrogen-bond acceptors (Lipinski definition) is 4. The number of halogens is 1. The fourth-order valence-corrected chi connectivity index (χ4v) is 3.60. The van der Waals surface area contributed by atoms with E-state index in [0.717, 1.165) is 25.9 Å². The largest absolute Gasteiger partial charge is 0.326 e. The zero-order valence-corrected chi connectivity index (χ0v) is 16.4. The molecular formula is C17H28ClN3O3S. The third-order valence-electron chi connectivity index (χ3n) is 4.52. The van der Waals surface area contributed by atoms with Gasteiger partial charge < -0.3 is 10.6 Å². The quantitative estimate of drug-likeness (QED) is 0.669. The van der Waals surface area contributed by atoms with Crippen molar-refractivity contribution in [1.82, 2.24) is 5.32 Å². The maximum Gasteiger partial charge on any atom is 0.232 e. The lowest BCUT2D eigenvalue weighted by Crippen LogP contribution is -2.32. The second kappa shape index (κ2) is 9.99. The standard InChI is InChI=1S/C17H27N3O3S.ClH/c1-3-24(22,23)20-16-6-4-15(5-7-16)19-17(21)12-13(2)14-8-10-18-11-9-14;/h4-7,13-14,18,20H,3,8-12H2,1-2H3,(H,19,21);1H. The van der Waals surface area contributed by atoms with Crippen LogP contribution in [0.5, 0.6) is 0 Å². The van der Waals surface area contributed by atoms with Gasteiger partial charge in [-0.05, 0) is 69.0 Å². The lowest BCUT2D eigenvalue weighted by molar-refractivity contribution is -0.117. The molecule has 8 heteroatoms. The minimum absolute atomic E-state index is 0. The second-order valence-electron chi connectivity index (χ2n) is 6.40. The van der Waals surface area contributed by atoms with Gasteiger partial charge >= 0.3 is 0 Å². The molecule has 6 nitrogen and oxygen atoms in total. The fraction of sp³-hybridized carbons (Fsp3) is 0.588. The van der Waals surface area contributed by atoms with Crippen molar-refractivity contribution >= 4 is 39.7 Å². The van der Waals surface area contributed by atoms with Crippen molar-refractivity contribution in [3.05, 3.63) is 24.3 Å². The number of piperidine rings is 1. The van der Waals surface area contributed by atoms with Crippen LogP contribution in [0.3, 0.4) is 0 Å². The average molecular weight is 390 g/mol. The zero-order valence-electron chi connectivity index (χ0n) is 14.7. The predicted molar refractivity (Wildman–Crippen MR) is 105 cm³/mol. The summed E-state index contributed by atoms with van der Waals surface area (Å²) < 4.78 is 25.5. The zero-order chi connectivity index (χ0) is 17.6. The van der Waals surface area contributed by atoms with E-state index in [1.165, 1.54) is 0 Å². The van der Waals surface area contributed by atoms with Crippen molar-refractivity contribution < 1.29 is 13.2 Å². The molecule has 1 fully saturated rings. The number of nitrogens with one attached hydrogen (secondary N) is 3. The molecule has 0 aromatic heterocycles. The summed E-state index contributed by atoms with van der Waals surface area (Å²) in [6.07, 6.45) is 2.76. The molecule has 0 saturated carbocycles. The van der Waals surface area contributed by atoms with Gasteiger partial charge in [0.15, 0.2) is 0 Å². The molecule has 25 heavy (non-hydrogen) atoms. The van der Waals surface area contributed by atoms with Gasteiger partial charge in [0.05, 0.1) is 5.75 Å². The first-order valence-electron chi connectivity index (χ1n) is 8.50. The molecule has 1 saturated heterocycles. The van der Waals surface area contributed by atoms with Crippen LogP contribution in [0, 0.1) is 11.8 Å². The number of hydrogen-bond donors (Lipinski definition) is 3. The van der Waals surface area contributed by atoms with Crippen molar-refractivity contribution in [2.75, 3.05) is 28.9 Å². The summed E-state index contributed by atoms with van der Waals surface area (Å²) in [5.41, 5.74) is 1.18. The highest BCUT2D eigenvalue weighted by molar-refractivity contribution is 7.92. The van der Waals surface area contributed by atoms with Crippen LogP contribution in [-0.2, 0) is 14.8 Å². The van der Waals surface area contributed by atoms with Gasteiger partial charge in [0.1, 0.15) is 0 Å². The van der Waals surface area contributed by atoms with Gasteiger partial charge in [0.25, 0.3) is 0 Å². The number of amides is 1. The molecule has 1 atom stereocenters. The summed E-state index contributed by atoms with van der Waals surface area (Å²) in [6, 6.07) is 6.72. The van der Waals surface area contributed by atoms with E-state index in [-0.39, 0.29) is 24.1 Å². The monoisotopic (exact) mass is 389 g/mol. The Hall–Kier alpha value is -1.31. The van der Waals surface area contributed by atoms with E-state index in [1.807, 2.05) is 0 Å². The topological polar surface area (TPSA) is 87.3 Å². The van der Waals surface area contributed by atoms with Gasteiger partial charge in [0.2, 0.25) is 15.9 Å². The normalized spacial score (nSPS) is 16.6. The average Bonchev–Trinajstić information content (AvgIpc) is 2.57. The number of sulfonamides is 1. The number of benzene rings is 1. The summed E-state index contributed by atoms with van der Waals surface area (Å²) in [5.74, 6) is 0.994. The second-order valence-corrected chi connectivity index (χ2v) is 8.41. The number of carbonyl (C=O) groups excluding carboxylic acids is 1. The molecule has 1 aliphatic rings. The summed E-state index contributed by atoms with van der Waals surface area (Å²) in [5, 5.41) is 6.22. The van der Waals surface area contributed by atoms with Crippen LogP contribution in [-0.4, -0.2) is 33.2 Å². The van der Waals surface area contributed by atoms with Crippen LogP contribution in [0.2, 0.25) is 0 Å². The van der Waals surface area contributed by atoms with Crippen LogP contribution in [0.1, 0.15) is 33.1 Å². The summed E-state index contributed by atoms with van der Waals surface area (Å²) >= 11 is 0. The first kappa shape index (κ1) is 21.7. The van der Waals surface area contributed by atoms with Crippen molar-refractivity contribution in [1.29, 1.82) is 0 Å². The predicted octanol–water partition coefficient (Wildman–Crippen LogP) is 2.83. The Morgan fingerprint density at radius 2 is 1.76 bits per heavy atom. The van der Waals surface area contributed by atoms with E-state index < -0.39 is 10.0 Å². The maximum atomic E-state index is 12.2. The fourth-order valence-electron chi connectivity index (χ4n) is 2.96. The molecule has 1 heterocycles. The molecule has 1 amide bonds. The van der Waals surface area contributed by atoms with E-state index in [2.05, 4.69) is 22.3 Å². The van der Waals surface area contributed by atoms with Crippen LogP contribution in [0.25, 0.3) is 0 Å². The molecule has 0 spiro atoms. The van der Waals surface area contributed by atoms with E-state index >= 15 is 0 Å². The lowest BCUT2D eigenvalue weighted by Gasteiger charge is -2.27. The molecular weight excluding hydrogens is 362 g/mol. The Kier molecular flexibility index (Phi) is 8.68. The Morgan fingerprint density at radius 1 is 1.20 bits per heavy atom. The SMILES string of the molecule is CCS(=O)(=O)Nc1ccc(NC(=O)CC(C)C2CCNCC2)cc1.Cl. The van der Waals surface area contributed by atoms with Crippen LogP contribution < -0.4 is 15.4 Å². The molecule has 3 N–H and O–H groups in total. The third kappa shape index (κ3) is 7.22. The van der Waals surface area contributed by atoms with E-state index in [9.17, 15) is 13.2 Å². The third-order valence-corrected chi connectivity index (χ3v) is 5.82. The molecule has 1 aromatic rings. The van der Waals surface area contributed by atoms with Crippen molar-refractivity contribution in [2.45, 2.75) is 33.1 Å². The Morgan fingerprint density at radius 3 is 2.32 bits per heavy atom. The number of anilines is 2. The van der Waals surface area contributed by atoms with Crippen molar-refractivity contribution in [3.8, 4) is 0 Å². The molecule has 2 rings (SSSR count). The summed E-state index contributed by atoms with van der Waals surface area (Å²) in [6.45, 7) is 5.79. The van der Waals surface area contributed by atoms with Gasteiger partial charge in [-0.2, -0.15) is 0 Å². The molecule has 1 aromatic carbocycles. The van der Waals surface area contributed by atoms with Gasteiger partial charge in [-0.3, -0.25) is 9.52 Å². The minimum atomic E-state index is -3.28. The first-order valence-corrected chi connectivity index (χ1v) is 10.2. The molecule has 1 unspecified atom stereocenters. The number of rotatable bonds is 7. The smallest absolute Gasteiger partial charge is 0.232 e. The minimum Gasteiger partial charge on any atom is -0.326 e. The highest BCUT2D eigenvalue weighted by atomic mass is 35.5. The van der Waals surface area contributed by atoms with E-state index in [4.69, 9.17) is 0 Å². The Labute approximate surface area is 156 Å². The maximum absolute atomic E-state index is 12.2. The van der Waals surface area contributed by atoms with Gasteiger partial charge in [0, 0.05) is 17.8 Å². The lowest BCUT2D eigenvalue weighted by atomic mass is 9.84. The number of carbonyl (C=O) groups is 1. The van der Waals surface area contributed by atoms with E-state index in [0.29, 0.717) is 29.6 Å². The Balaban J connectivity index is 0.00000312. The van der Waals surface area contributed by atoms with Crippen molar-refractivity contribution in [3.63, 3.8) is 0 Å². The van der Waals surface area contributed by atoms with Gasteiger partial charge in [-0.25, -0.2) is 8.42 Å². The summed E-state index contributed by atoms with van der Waals surface area (Å²) in [7, 11) is -3.28. The Bertz CT molecular complexity index is 644. The summed E-state index contributed by atoms with van der Waals surface area (Å²) in [4.78, 5) is 12.2. The van der Waals surface area contributed by atoms with Crippen molar-refractivity contribution in [2.24, 2.45) is 11.8 Å². The molecule has 0 aliphatic carbocycles. The van der Waals surface area contributed by atoms with Gasteiger partial charge in [-0.15, -0.1) is 12.4 Å².